The number of aromatic nitrogens is 1. The highest BCUT2D eigenvalue weighted by atomic mass is 19.3. The number of rotatable bonds is 3. The van der Waals surface area contributed by atoms with E-state index in [0.717, 1.165) is 0 Å². The summed E-state index contributed by atoms with van der Waals surface area (Å²) in [6.07, 6.45) is -2.59. The lowest BCUT2D eigenvalue weighted by Crippen LogP contribution is -2.10. The van der Waals surface area contributed by atoms with Gasteiger partial charge in [0.05, 0.1) is 0 Å². The largest absolute Gasteiger partial charge is 0.471 e. The van der Waals surface area contributed by atoms with Gasteiger partial charge in [-0.15, -0.1) is 0 Å². The van der Waals surface area contributed by atoms with E-state index in [0.29, 0.717) is 11.3 Å². The predicted molar refractivity (Wildman–Crippen MR) is 49.6 cm³/mol. The molecule has 0 saturated heterocycles. The maximum Gasteiger partial charge on any atom is 0.272 e. The Morgan fingerprint density at radius 3 is 2.87 bits per heavy atom. The third-order valence-electron chi connectivity index (χ3n) is 1.73. The molecule has 0 aliphatic rings. The summed E-state index contributed by atoms with van der Waals surface area (Å²) in [5.74, 6) is -0.0214. The zero-order valence-electron chi connectivity index (χ0n) is 8.00. The number of nitrogens with two attached hydrogens (primary N) is 1. The predicted octanol–water partition coefficient (Wildman–Crippen LogP) is 1.49. The monoisotopic (exact) mass is 213 g/mol. The molecule has 15 heavy (non-hydrogen) atoms. The van der Waals surface area contributed by atoms with Crippen molar-refractivity contribution in [1.29, 1.82) is 5.26 Å². The highest BCUT2D eigenvalue weighted by Gasteiger charge is 2.10. The van der Waals surface area contributed by atoms with Crippen LogP contribution in [0.2, 0.25) is 0 Å². The number of alkyl halides is 2. The van der Waals surface area contributed by atoms with Crippen LogP contribution >= 0.6 is 0 Å². The van der Waals surface area contributed by atoms with Crippen LogP contribution in [0, 0.1) is 18.3 Å². The molecule has 80 valence electrons. The molecule has 1 aromatic heterocycles. The van der Waals surface area contributed by atoms with Gasteiger partial charge >= 0.3 is 0 Å². The molecule has 0 radical (unpaired) electrons. The molecule has 0 bridgehead atoms. The molecule has 0 aliphatic heterocycles. The van der Waals surface area contributed by atoms with Crippen molar-refractivity contribution in [1.82, 2.24) is 4.98 Å². The quantitative estimate of drug-likeness (QED) is 0.825. The molecule has 4 nitrogen and oxygen atoms in total. The lowest BCUT2D eigenvalue weighted by atomic mass is 10.2. The topological polar surface area (TPSA) is 71.9 Å². The number of pyridine rings is 1. The van der Waals surface area contributed by atoms with E-state index in [9.17, 15) is 8.78 Å². The molecular weight excluding hydrogens is 204 g/mol. The normalized spacial score (nSPS) is 10.1. The molecular formula is C9H9F2N3O. The zero-order valence-corrected chi connectivity index (χ0v) is 8.00. The molecule has 0 atom stereocenters. The molecule has 6 heteroatoms. The Kier molecular flexibility index (Phi) is 3.39. The molecule has 2 N–H and O–H groups in total. The van der Waals surface area contributed by atoms with Crippen molar-refractivity contribution in [2.75, 3.05) is 12.3 Å². The van der Waals surface area contributed by atoms with Gasteiger partial charge in [0.1, 0.15) is 11.8 Å². The molecule has 0 fully saturated rings. The van der Waals surface area contributed by atoms with Gasteiger partial charge in [0.2, 0.25) is 5.88 Å². The van der Waals surface area contributed by atoms with Crippen LogP contribution in [-0.2, 0) is 0 Å². The molecule has 0 aromatic carbocycles. The van der Waals surface area contributed by atoms with Crippen molar-refractivity contribution in [3.05, 3.63) is 17.3 Å². The van der Waals surface area contributed by atoms with Gasteiger partial charge in [-0.05, 0) is 13.0 Å². The van der Waals surface area contributed by atoms with E-state index < -0.39 is 13.0 Å². The van der Waals surface area contributed by atoms with Gasteiger partial charge in [-0.2, -0.15) is 5.26 Å². The first-order valence-corrected chi connectivity index (χ1v) is 4.12. The second kappa shape index (κ2) is 4.55. The minimum Gasteiger partial charge on any atom is -0.471 e. The van der Waals surface area contributed by atoms with E-state index in [1.54, 1.807) is 13.0 Å². The van der Waals surface area contributed by atoms with Gasteiger partial charge in [0.25, 0.3) is 6.43 Å². The molecule has 0 amide bonds. The molecule has 0 spiro atoms. The Bertz CT molecular complexity index is 401. The lowest BCUT2D eigenvalue weighted by Gasteiger charge is -2.09. The maximum atomic E-state index is 11.9. The SMILES string of the molecule is Cc1c(N)cc(C#N)nc1OCC(F)F. The Hall–Kier alpha value is -1.90. The number of ether oxygens (including phenoxy) is 1. The fraction of sp³-hybridized carbons (Fsp3) is 0.333. The number of nitriles is 1. The van der Waals surface area contributed by atoms with E-state index in [2.05, 4.69) is 4.98 Å². The molecule has 0 aliphatic carbocycles. The summed E-state index contributed by atoms with van der Waals surface area (Å²) in [7, 11) is 0. The summed E-state index contributed by atoms with van der Waals surface area (Å²) in [5.41, 5.74) is 6.34. The number of halogens is 2. The average molecular weight is 213 g/mol. The third kappa shape index (κ3) is 2.77. The van der Waals surface area contributed by atoms with E-state index >= 15 is 0 Å². The summed E-state index contributed by atoms with van der Waals surface area (Å²) in [5, 5.41) is 8.58. The summed E-state index contributed by atoms with van der Waals surface area (Å²) in [6, 6.07) is 3.13. The summed E-state index contributed by atoms with van der Waals surface area (Å²) in [4.78, 5) is 3.73. The Labute approximate surface area is 85.3 Å². The minimum atomic E-state index is -2.59. The first-order valence-electron chi connectivity index (χ1n) is 4.12. The summed E-state index contributed by atoms with van der Waals surface area (Å²) in [6.45, 7) is 0.826. The second-order valence-corrected chi connectivity index (χ2v) is 2.84. The summed E-state index contributed by atoms with van der Waals surface area (Å²) < 4.78 is 28.5. The Morgan fingerprint density at radius 1 is 1.67 bits per heavy atom. The molecule has 0 saturated carbocycles. The van der Waals surface area contributed by atoms with Crippen molar-refractivity contribution in [2.45, 2.75) is 13.3 Å². The number of anilines is 1. The molecule has 1 rings (SSSR count). The van der Waals surface area contributed by atoms with E-state index in [-0.39, 0.29) is 11.6 Å². The van der Waals surface area contributed by atoms with E-state index in [1.807, 2.05) is 0 Å². The van der Waals surface area contributed by atoms with E-state index in [1.165, 1.54) is 6.07 Å². The number of nitrogens with zero attached hydrogens (tertiary/aromatic N) is 2. The summed E-state index contributed by atoms with van der Waals surface area (Å²) >= 11 is 0. The zero-order chi connectivity index (χ0) is 11.4. The van der Waals surface area contributed by atoms with Gasteiger partial charge in [-0.1, -0.05) is 0 Å². The minimum absolute atomic E-state index is 0.0214. The lowest BCUT2D eigenvalue weighted by molar-refractivity contribution is 0.0792. The van der Waals surface area contributed by atoms with Crippen LogP contribution in [-0.4, -0.2) is 18.0 Å². The first kappa shape index (κ1) is 11.2. The van der Waals surface area contributed by atoms with Crippen molar-refractivity contribution < 1.29 is 13.5 Å². The van der Waals surface area contributed by atoms with Gasteiger partial charge < -0.3 is 10.5 Å². The third-order valence-corrected chi connectivity index (χ3v) is 1.73. The first-order chi connectivity index (χ1) is 7.04. The fourth-order valence-electron chi connectivity index (χ4n) is 0.944. The number of hydrogen-bond acceptors (Lipinski definition) is 4. The highest BCUT2D eigenvalue weighted by molar-refractivity contribution is 5.53. The number of hydrogen-bond donors (Lipinski definition) is 1. The molecule has 1 heterocycles. The highest BCUT2D eigenvalue weighted by Crippen LogP contribution is 2.22. The van der Waals surface area contributed by atoms with Crippen LogP contribution in [0.1, 0.15) is 11.3 Å². The maximum absolute atomic E-state index is 11.9. The molecule has 1 aromatic rings. The van der Waals surface area contributed by atoms with Gasteiger partial charge in [-0.25, -0.2) is 13.8 Å². The van der Waals surface area contributed by atoms with Crippen LogP contribution in [0.4, 0.5) is 14.5 Å². The standard InChI is InChI=1S/C9H9F2N3O/c1-5-7(13)2-6(3-12)14-9(5)15-4-8(10)11/h2,8H,4H2,1H3,(H2,13,14). The van der Waals surface area contributed by atoms with E-state index in [4.69, 9.17) is 15.7 Å². The second-order valence-electron chi connectivity index (χ2n) is 2.84. The Balaban J connectivity index is 2.96. The van der Waals surface area contributed by atoms with Gasteiger partial charge in [0, 0.05) is 11.3 Å². The van der Waals surface area contributed by atoms with Crippen LogP contribution in [0.25, 0.3) is 0 Å². The van der Waals surface area contributed by atoms with Crippen LogP contribution in [0.5, 0.6) is 5.88 Å². The average Bonchev–Trinajstić information content (AvgIpc) is 2.19. The van der Waals surface area contributed by atoms with Crippen LogP contribution in [0.15, 0.2) is 6.07 Å². The van der Waals surface area contributed by atoms with Gasteiger partial charge in [0.15, 0.2) is 6.61 Å². The van der Waals surface area contributed by atoms with Crippen molar-refractivity contribution in [2.24, 2.45) is 0 Å². The Morgan fingerprint density at radius 2 is 2.33 bits per heavy atom. The smallest absolute Gasteiger partial charge is 0.272 e. The van der Waals surface area contributed by atoms with Crippen LogP contribution in [0.3, 0.4) is 0 Å². The van der Waals surface area contributed by atoms with Crippen molar-refractivity contribution in [3.63, 3.8) is 0 Å². The van der Waals surface area contributed by atoms with Crippen LogP contribution < -0.4 is 10.5 Å². The molecule has 0 unspecified atom stereocenters. The fourth-order valence-corrected chi connectivity index (χ4v) is 0.944. The van der Waals surface area contributed by atoms with Crippen molar-refractivity contribution >= 4 is 5.69 Å². The van der Waals surface area contributed by atoms with Crippen molar-refractivity contribution in [3.8, 4) is 11.9 Å². The van der Waals surface area contributed by atoms with Gasteiger partial charge in [-0.3, -0.25) is 0 Å². The number of nitrogen functional groups attached to an aromatic ring is 1.